The molecule has 1 nitrogen and oxygen atoms in total. The highest BCUT2D eigenvalue weighted by atomic mass is 79.9. The fourth-order valence-corrected chi connectivity index (χ4v) is 1.29. The highest BCUT2D eigenvalue weighted by molar-refractivity contribution is 9.10. The number of ketones is 1. The zero-order valence-electron chi connectivity index (χ0n) is 6.53. The molecule has 0 saturated carbocycles. The minimum atomic E-state index is -3.69. The first-order chi connectivity index (χ1) is 6.32. The standard InChI is InChI=1S/C8H3BrClF3O/c9-8(12,13)7(14)5-2-1-4(11)3-6(5)10/h1-3H. The monoisotopic (exact) mass is 286 g/mol. The molecule has 0 spiro atoms. The average Bonchev–Trinajstić information content (AvgIpc) is 2.01. The van der Waals surface area contributed by atoms with Crippen molar-refractivity contribution in [2.45, 2.75) is 4.83 Å². The third-order valence-corrected chi connectivity index (χ3v) is 2.11. The van der Waals surface area contributed by atoms with Crippen molar-refractivity contribution in [1.82, 2.24) is 0 Å². The van der Waals surface area contributed by atoms with Crippen molar-refractivity contribution in [3.63, 3.8) is 0 Å². The zero-order valence-corrected chi connectivity index (χ0v) is 8.87. The Bertz CT molecular complexity index is 375. The summed E-state index contributed by atoms with van der Waals surface area (Å²) >= 11 is 7.31. The number of benzene rings is 1. The van der Waals surface area contributed by atoms with Gasteiger partial charge >= 0.3 is 4.83 Å². The predicted molar refractivity (Wildman–Crippen MR) is 49.6 cm³/mol. The van der Waals surface area contributed by atoms with E-state index in [1.165, 1.54) is 0 Å². The van der Waals surface area contributed by atoms with E-state index in [1.807, 2.05) is 15.9 Å². The van der Waals surface area contributed by atoms with Gasteiger partial charge in [0.1, 0.15) is 5.82 Å². The molecule has 0 radical (unpaired) electrons. The normalized spacial score (nSPS) is 11.5. The van der Waals surface area contributed by atoms with Gasteiger partial charge in [0.15, 0.2) is 0 Å². The van der Waals surface area contributed by atoms with Crippen LogP contribution in [0, 0.1) is 5.82 Å². The van der Waals surface area contributed by atoms with E-state index in [9.17, 15) is 18.0 Å². The Labute approximate surface area is 91.0 Å². The maximum Gasteiger partial charge on any atom is 0.363 e. The first kappa shape index (κ1) is 11.5. The van der Waals surface area contributed by atoms with Crippen molar-refractivity contribution in [3.8, 4) is 0 Å². The summed E-state index contributed by atoms with van der Waals surface area (Å²) in [4.78, 5) is 7.31. The molecule has 1 rings (SSSR count). The van der Waals surface area contributed by atoms with Gasteiger partial charge in [0.05, 0.1) is 5.02 Å². The summed E-state index contributed by atoms with van der Waals surface area (Å²) in [5.41, 5.74) is -0.421. The minimum Gasteiger partial charge on any atom is -0.286 e. The summed E-state index contributed by atoms with van der Waals surface area (Å²) in [6.07, 6.45) is 0. The largest absolute Gasteiger partial charge is 0.363 e. The molecule has 0 aliphatic heterocycles. The molecule has 1 aromatic carbocycles. The Kier molecular flexibility index (Phi) is 3.21. The molecular weight excluding hydrogens is 284 g/mol. The van der Waals surface area contributed by atoms with Crippen LogP contribution in [0.15, 0.2) is 18.2 Å². The van der Waals surface area contributed by atoms with Gasteiger partial charge in [-0.15, -0.1) is 0 Å². The van der Waals surface area contributed by atoms with Crippen molar-refractivity contribution >= 4 is 33.3 Å². The Hall–Kier alpha value is -0.550. The van der Waals surface area contributed by atoms with Gasteiger partial charge in [-0.3, -0.25) is 4.79 Å². The van der Waals surface area contributed by atoms with E-state index in [0.29, 0.717) is 0 Å². The number of halogens is 5. The molecule has 14 heavy (non-hydrogen) atoms. The molecule has 0 unspecified atom stereocenters. The summed E-state index contributed by atoms with van der Waals surface area (Å²) < 4.78 is 37.5. The van der Waals surface area contributed by atoms with E-state index in [0.717, 1.165) is 18.2 Å². The van der Waals surface area contributed by atoms with Crippen LogP contribution in [0.4, 0.5) is 13.2 Å². The van der Waals surface area contributed by atoms with Gasteiger partial charge in [-0.2, -0.15) is 8.78 Å². The van der Waals surface area contributed by atoms with E-state index in [4.69, 9.17) is 11.6 Å². The van der Waals surface area contributed by atoms with Crippen molar-refractivity contribution in [3.05, 3.63) is 34.6 Å². The molecule has 0 aliphatic carbocycles. The van der Waals surface area contributed by atoms with Crippen LogP contribution >= 0.6 is 27.5 Å². The number of hydrogen-bond acceptors (Lipinski definition) is 1. The second-order valence-corrected chi connectivity index (χ2v) is 3.85. The van der Waals surface area contributed by atoms with Crippen LogP contribution in [-0.2, 0) is 0 Å². The Balaban J connectivity index is 3.15. The highest BCUT2D eigenvalue weighted by Gasteiger charge is 2.36. The van der Waals surface area contributed by atoms with Crippen LogP contribution in [0.2, 0.25) is 5.02 Å². The van der Waals surface area contributed by atoms with Gasteiger partial charge in [0.25, 0.3) is 0 Å². The number of alkyl halides is 3. The lowest BCUT2D eigenvalue weighted by atomic mass is 10.1. The molecule has 0 atom stereocenters. The van der Waals surface area contributed by atoms with Crippen LogP contribution in [-0.4, -0.2) is 10.6 Å². The second kappa shape index (κ2) is 3.90. The fourth-order valence-electron chi connectivity index (χ4n) is 0.826. The van der Waals surface area contributed by atoms with Crippen LogP contribution in [0.1, 0.15) is 10.4 Å². The van der Waals surface area contributed by atoms with Crippen LogP contribution in [0.3, 0.4) is 0 Å². The molecule has 0 aliphatic rings. The smallest absolute Gasteiger partial charge is 0.286 e. The molecule has 0 N–H and O–H groups in total. The molecule has 6 heteroatoms. The van der Waals surface area contributed by atoms with Crippen LogP contribution in [0.25, 0.3) is 0 Å². The van der Waals surface area contributed by atoms with Crippen molar-refractivity contribution < 1.29 is 18.0 Å². The minimum absolute atomic E-state index is 0.339. The van der Waals surface area contributed by atoms with E-state index in [2.05, 4.69) is 0 Å². The summed E-state index contributed by atoms with van der Waals surface area (Å²) in [5.74, 6) is -2.19. The predicted octanol–water partition coefficient (Wildman–Crippen LogP) is 3.65. The molecular formula is C8H3BrClF3O. The van der Waals surface area contributed by atoms with E-state index >= 15 is 0 Å². The lowest BCUT2D eigenvalue weighted by Crippen LogP contribution is -2.21. The summed E-state index contributed by atoms with van der Waals surface area (Å²) in [6, 6.07) is 2.60. The Morgan fingerprint density at radius 2 is 2.00 bits per heavy atom. The van der Waals surface area contributed by atoms with Gasteiger partial charge in [-0.25, -0.2) is 4.39 Å². The van der Waals surface area contributed by atoms with E-state index in [-0.39, 0.29) is 5.02 Å². The molecule has 76 valence electrons. The maximum absolute atomic E-state index is 12.5. The maximum atomic E-state index is 12.5. The Morgan fingerprint density at radius 3 is 2.43 bits per heavy atom. The first-order valence-electron chi connectivity index (χ1n) is 3.39. The molecule has 0 amide bonds. The van der Waals surface area contributed by atoms with E-state index in [1.54, 1.807) is 0 Å². The lowest BCUT2D eigenvalue weighted by molar-refractivity contribution is 0.0592. The van der Waals surface area contributed by atoms with Gasteiger partial charge < -0.3 is 0 Å². The number of hydrogen-bond donors (Lipinski definition) is 0. The molecule has 0 fully saturated rings. The van der Waals surface area contributed by atoms with Crippen molar-refractivity contribution in [1.29, 1.82) is 0 Å². The van der Waals surface area contributed by atoms with Crippen molar-refractivity contribution in [2.75, 3.05) is 0 Å². The quantitative estimate of drug-likeness (QED) is 0.599. The zero-order chi connectivity index (χ0) is 10.9. The van der Waals surface area contributed by atoms with Crippen LogP contribution < -0.4 is 0 Å². The van der Waals surface area contributed by atoms with Gasteiger partial charge in [-0.05, 0) is 34.1 Å². The second-order valence-electron chi connectivity index (χ2n) is 2.45. The van der Waals surface area contributed by atoms with Crippen LogP contribution in [0.5, 0.6) is 0 Å². The molecule has 0 heterocycles. The highest BCUT2D eigenvalue weighted by Crippen LogP contribution is 2.30. The first-order valence-corrected chi connectivity index (χ1v) is 4.56. The third kappa shape index (κ3) is 2.48. The number of Topliss-reactive ketones (excluding diaryl/α,β-unsaturated/α-hetero) is 1. The molecule has 0 bridgehead atoms. The number of carbonyl (C=O) groups excluding carboxylic acids is 1. The van der Waals surface area contributed by atoms with Gasteiger partial charge in [0.2, 0.25) is 5.78 Å². The number of carbonyl (C=O) groups is 1. The molecule has 1 aromatic rings. The molecule has 0 saturated heterocycles. The fraction of sp³-hybridized carbons (Fsp3) is 0.125. The number of rotatable bonds is 2. The summed E-state index contributed by atoms with van der Waals surface area (Å²) in [5, 5.41) is -0.339. The SMILES string of the molecule is O=C(c1ccc(F)cc1Cl)C(F)(F)Br. The average molecular weight is 287 g/mol. The van der Waals surface area contributed by atoms with Gasteiger partial charge in [0, 0.05) is 5.56 Å². The van der Waals surface area contributed by atoms with E-state index < -0.39 is 22.0 Å². The molecule has 0 aromatic heterocycles. The van der Waals surface area contributed by atoms with Gasteiger partial charge in [-0.1, -0.05) is 11.6 Å². The summed E-state index contributed by atoms with van der Waals surface area (Å²) in [7, 11) is 0. The lowest BCUT2D eigenvalue weighted by Gasteiger charge is -2.08. The topological polar surface area (TPSA) is 17.1 Å². The Morgan fingerprint density at radius 1 is 1.43 bits per heavy atom. The third-order valence-electron chi connectivity index (χ3n) is 1.43. The summed E-state index contributed by atoms with van der Waals surface area (Å²) in [6.45, 7) is 0. The van der Waals surface area contributed by atoms with Crippen molar-refractivity contribution in [2.24, 2.45) is 0 Å².